The highest BCUT2D eigenvalue weighted by Gasteiger charge is 2.22. The first-order chi connectivity index (χ1) is 9.11. The number of piperidine rings is 1. The lowest BCUT2D eigenvalue weighted by atomic mass is 10.1. The lowest BCUT2D eigenvalue weighted by Crippen LogP contribution is -2.42. The van der Waals surface area contributed by atoms with Gasteiger partial charge in [-0.25, -0.2) is 0 Å². The molecule has 1 aromatic carbocycles. The SMILES string of the molecule is Nc1cc2c(cc1NC1CCC(=O)NC1)NC(=O)C2. The molecule has 0 spiro atoms. The first kappa shape index (κ1) is 11.8. The lowest BCUT2D eigenvalue weighted by Gasteiger charge is -2.25. The molecule has 1 saturated heterocycles. The Morgan fingerprint density at radius 1 is 1.26 bits per heavy atom. The van der Waals surface area contributed by atoms with Gasteiger partial charge in [0.2, 0.25) is 11.8 Å². The number of carbonyl (C=O) groups excluding carboxylic acids is 2. The van der Waals surface area contributed by atoms with Crippen molar-refractivity contribution in [2.24, 2.45) is 0 Å². The van der Waals surface area contributed by atoms with Gasteiger partial charge in [-0.3, -0.25) is 9.59 Å². The zero-order chi connectivity index (χ0) is 13.4. The monoisotopic (exact) mass is 260 g/mol. The van der Waals surface area contributed by atoms with Gasteiger partial charge in [-0.1, -0.05) is 0 Å². The van der Waals surface area contributed by atoms with Gasteiger partial charge < -0.3 is 21.7 Å². The van der Waals surface area contributed by atoms with E-state index in [2.05, 4.69) is 16.0 Å². The highest BCUT2D eigenvalue weighted by atomic mass is 16.2. The number of benzene rings is 1. The average Bonchev–Trinajstić information content (AvgIpc) is 2.72. The average molecular weight is 260 g/mol. The second-order valence-electron chi connectivity index (χ2n) is 5.01. The Morgan fingerprint density at radius 2 is 2.11 bits per heavy atom. The van der Waals surface area contributed by atoms with Gasteiger partial charge in [-0.05, 0) is 24.1 Å². The van der Waals surface area contributed by atoms with E-state index >= 15 is 0 Å². The lowest BCUT2D eigenvalue weighted by molar-refractivity contribution is -0.122. The van der Waals surface area contributed by atoms with Crippen LogP contribution in [0, 0.1) is 0 Å². The number of nitrogens with one attached hydrogen (secondary N) is 3. The van der Waals surface area contributed by atoms with E-state index < -0.39 is 0 Å². The summed E-state index contributed by atoms with van der Waals surface area (Å²) >= 11 is 0. The van der Waals surface area contributed by atoms with Crippen molar-refractivity contribution in [2.75, 3.05) is 22.9 Å². The standard InChI is InChI=1S/C13H16N4O2/c14-9-3-7-4-13(19)17-10(7)5-11(9)16-8-1-2-12(18)15-6-8/h3,5,8,16H,1-2,4,6,14H2,(H,15,18)(H,17,19). The highest BCUT2D eigenvalue weighted by molar-refractivity contribution is 6.00. The second-order valence-corrected chi connectivity index (χ2v) is 5.01. The number of hydrogen-bond donors (Lipinski definition) is 4. The molecular weight excluding hydrogens is 244 g/mol. The van der Waals surface area contributed by atoms with Crippen molar-refractivity contribution in [1.29, 1.82) is 0 Å². The van der Waals surface area contributed by atoms with Crippen molar-refractivity contribution in [3.63, 3.8) is 0 Å². The summed E-state index contributed by atoms with van der Waals surface area (Å²) in [6, 6.07) is 3.87. The number of carbonyl (C=O) groups is 2. The molecule has 0 aromatic heterocycles. The predicted molar refractivity (Wildman–Crippen MR) is 72.8 cm³/mol. The number of fused-ring (bicyclic) bond motifs is 1. The number of nitrogens with two attached hydrogens (primary N) is 1. The normalized spacial score (nSPS) is 21.6. The zero-order valence-corrected chi connectivity index (χ0v) is 10.5. The van der Waals surface area contributed by atoms with Crippen molar-refractivity contribution in [3.05, 3.63) is 17.7 Å². The van der Waals surface area contributed by atoms with E-state index in [9.17, 15) is 9.59 Å². The number of rotatable bonds is 2. The fourth-order valence-corrected chi connectivity index (χ4v) is 2.49. The number of amides is 2. The quantitative estimate of drug-likeness (QED) is 0.581. The van der Waals surface area contributed by atoms with Crippen molar-refractivity contribution in [1.82, 2.24) is 5.32 Å². The van der Waals surface area contributed by atoms with Crippen LogP contribution >= 0.6 is 0 Å². The topological polar surface area (TPSA) is 96.2 Å². The smallest absolute Gasteiger partial charge is 0.228 e. The van der Waals surface area contributed by atoms with Crippen molar-refractivity contribution in [3.8, 4) is 0 Å². The molecule has 19 heavy (non-hydrogen) atoms. The van der Waals surface area contributed by atoms with Gasteiger partial charge in [-0.2, -0.15) is 0 Å². The van der Waals surface area contributed by atoms with E-state index in [1.807, 2.05) is 12.1 Å². The molecule has 1 atom stereocenters. The highest BCUT2D eigenvalue weighted by Crippen LogP contribution is 2.32. The molecule has 1 fully saturated rings. The van der Waals surface area contributed by atoms with Crippen LogP contribution < -0.4 is 21.7 Å². The third-order valence-corrected chi connectivity index (χ3v) is 3.53. The molecule has 2 amide bonds. The Bertz CT molecular complexity index is 546. The van der Waals surface area contributed by atoms with Crippen LogP contribution in [0.2, 0.25) is 0 Å². The van der Waals surface area contributed by atoms with Gasteiger partial charge in [0.1, 0.15) is 0 Å². The summed E-state index contributed by atoms with van der Waals surface area (Å²) in [5.41, 5.74) is 9.19. The second kappa shape index (κ2) is 4.46. The van der Waals surface area contributed by atoms with Gasteiger partial charge >= 0.3 is 0 Å². The number of nitrogen functional groups attached to an aromatic ring is 1. The van der Waals surface area contributed by atoms with Gasteiger partial charge in [0.15, 0.2) is 0 Å². The summed E-state index contributed by atoms with van der Waals surface area (Å²) < 4.78 is 0. The maximum Gasteiger partial charge on any atom is 0.228 e. The van der Waals surface area contributed by atoms with E-state index in [0.29, 0.717) is 25.1 Å². The van der Waals surface area contributed by atoms with Crippen LogP contribution in [0.5, 0.6) is 0 Å². The van der Waals surface area contributed by atoms with Crippen LogP contribution in [-0.2, 0) is 16.0 Å². The molecule has 2 aliphatic heterocycles. The Morgan fingerprint density at radius 3 is 2.84 bits per heavy atom. The summed E-state index contributed by atoms with van der Waals surface area (Å²) in [5.74, 6) is 0.0868. The van der Waals surface area contributed by atoms with Crippen LogP contribution in [0.25, 0.3) is 0 Å². The third kappa shape index (κ3) is 2.33. The molecule has 6 nitrogen and oxygen atoms in total. The van der Waals surface area contributed by atoms with Gasteiger partial charge in [0.25, 0.3) is 0 Å². The summed E-state index contributed by atoms with van der Waals surface area (Å²) in [6.45, 7) is 0.599. The fourth-order valence-electron chi connectivity index (χ4n) is 2.49. The van der Waals surface area contributed by atoms with E-state index in [1.54, 1.807) is 0 Å². The van der Waals surface area contributed by atoms with E-state index in [0.717, 1.165) is 23.4 Å². The first-order valence-corrected chi connectivity index (χ1v) is 6.37. The Labute approximate surface area is 110 Å². The van der Waals surface area contributed by atoms with Crippen LogP contribution in [0.4, 0.5) is 17.1 Å². The maximum atomic E-state index is 11.3. The molecule has 0 radical (unpaired) electrons. The Hall–Kier alpha value is -2.24. The molecular formula is C13H16N4O2. The van der Waals surface area contributed by atoms with Gasteiger partial charge in [0.05, 0.1) is 17.8 Å². The summed E-state index contributed by atoms with van der Waals surface area (Å²) in [7, 11) is 0. The molecule has 0 saturated carbocycles. The molecule has 0 aliphatic carbocycles. The minimum absolute atomic E-state index is 0.00326. The first-order valence-electron chi connectivity index (χ1n) is 6.37. The fraction of sp³-hybridized carbons (Fsp3) is 0.385. The molecule has 2 aliphatic rings. The van der Waals surface area contributed by atoms with Gasteiger partial charge in [-0.15, -0.1) is 0 Å². The molecule has 2 heterocycles. The largest absolute Gasteiger partial charge is 0.397 e. The minimum atomic E-state index is -0.00326. The van der Waals surface area contributed by atoms with Crippen molar-refractivity contribution in [2.45, 2.75) is 25.3 Å². The number of anilines is 3. The van der Waals surface area contributed by atoms with Gasteiger partial charge in [0, 0.05) is 24.7 Å². The third-order valence-electron chi connectivity index (χ3n) is 3.53. The van der Waals surface area contributed by atoms with E-state index in [4.69, 9.17) is 5.73 Å². The molecule has 1 unspecified atom stereocenters. The molecule has 3 rings (SSSR count). The Kier molecular flexibility index (Phi) is 2.77. The summed E-state index contributed by atoms with van der Waals surface area (Å²) in [4.78, 5) is 22.4. The molecule has 0 bridgehead atoms. The minimum Gasteiger partial charge on any atom is -0.397 e. The van der Waals surface area contributed by atoms with E-state index in [1.165, 1.54) is 0 Å². The Balaban J connectivity index is 1.76. The molecule has 1 aromatic rings. The molecule has 100 valence electrons. The molecule has 5 N–H and O–H groups in total. The zero-order valence-electron chi connectivity index (χ0n) is 10.5. The molecule has 6 heteroatoms. The summed E-state index contributed by atoms with van der Waals surface area (Å²) in [5, 5.41) is 8.95. The van der Waals surface area contributed by atoms with E-state index in [-0.39, 0.29) is 17.9 Å². The van der Waals surface area contributed by atoms with Crippen LogP contribution in [0.3, 0.4) is 0 Å². The summed E-state index contributed by atoms with van der Waals surface area (Å²) in [6.07, 6.45) is 1.70. The van der Waals surface area contributed by atoms with Crippen molar-refractivity contribution >= 4 is 28.9 Å². The van der Waals surface area contributed by atoms with Crippen LogP contribution in [-0.4, -0.2) is 24.4 Å². The maximum absolute atomic E-state index is 11.3. The van der Waals surface area contributed by atoms with Crippen LogP contribution in [0.15, 0.2) is 12.1 Å². The predicted octanol–water partition coefficient (Wildman–Crippen LogP) is 0.454. The number of hydrogen-bond acceptors (Lipinski definition) is 4. The van der Waals surface area contributed by atoms with Crippen LogP contribution in [0.1, 0.15) is 18.4 Å². The van der Waals surface area contributed by atoms with Crippen molar-refractivity contribution < 1.29 is 9.59 Å².